The van der Waals surface area contributed by atoms with E-state index in [0.29, 0.717) is 37.2 Å². The highest BCUT2D eigenvalue weighted by Gasteiger charge is 2.29. The monoisotopic (exact) mass is 396 g/mol. The van der Waals surface area contributed by atoms with Gasteiger partial charge in [-0.3, -0.25) is 9.59 Å². The van der Waals surface area contributed by atoms with E-state index in [0.717, 1.165) is 5.56 Å². The number of carboxylic acid groups (broad SMARTS) is 1. The van der Waals surface area contributed by atoms with Crippen molar-refractivity contribution < 1.29 is 24.2 Å². The summed E-state index contributed by atoms with van der Waals surface area (Å²) in [7, 11) is 1.45. The molecule has 0 bridgehead atoms. The van der Waals surface area contributed by atoms with Gasteiger partial charge in [-0.15, -0.1) is 0 Å². The van der Waals surface area contributed by atoms with Crippen LogP contribution in [0.4, 0.5) is 5.69 Å². The van der Waals surface area contributed by atoms with E-state index in [1.165, 1.54) is 19.2 Å². The molecule has 2 aromatic carbocycles. The predicted octanol–water partition coefficient (Wildman–Crippen LogP) is 3.19. The molecule has 2 N–H and O–H groups in total. The first-order valence-electron chi connectivity index (χ1n) is 9.47. The van der Waals surface area contributed by atoms with E-state index in [1.807, 2.05) is 19.1 Å². The molecule has 0 radical (unpaired) electrons. The lowest BCUT2D eigenvalue weighted by Gasteiger charge is -2.32. The lowest BCUT2D eigenvalue weighted by molar-refractivity contribution is -0.121. The van der Waals surface area contributed by atoms with Crippen LogP contribution >= 0.6 is 0 Å². The molecule has 1 saturated heterocycles. The molecule has 0 aliphatic carbocycles. The molecule has 1 fully saturated rings. The minimum Gasteiger partial charge on any atom is -0.497 e. The average molecular weight is 396 g/mol. The highest BCUT2D eigenvalue weighted by Crippen LogP contribution is 2.25. The van der Waals surface area contributed by atoms with Crippen LogP contribution in [0.3, 0.4) is 0 Å². The Morgan fingerprint density at radius 2 is 1.86 bits per heavy atom. The van der Waals surface area contributed by atoms with E-state index in [1.54, 1.807) is 23.1 Å². The summed E-state index contributed by atoms with van der Waals surface area (Å²) in [6.45, 7) is 2.86. The minimum atomic E-state index is -1.15. The molecule has 1 heterocycles. The Morgan fingerprint density at radius 3 is 2.52 bits per heavy atom. The van der Waals surface area contributed by atoms with Gasteiger partial charge in [0.2, 0.25) is 5.91 Å². The van der Waals surface area contributed by atoms with Crippen molar-refractivity contribution in [2.75, 3.05) is 25.5 Å². The van der Waals surface area contributed by atoms with E-state index in [4.69, 9.17) is 4.74 Å². The number of nitrogens with one attached hydrogen (secondary N) is 1. The van der Waals surface area contributed by atoms with Crippen molar-refractivity contribution in [2.45, 2.75) is 19.8 Å². The smallest absolute Gasteiger partial charge is 0.337 e. The SMILES string of the molecule is COc1ccc(NC(=O)C2CCCN(C(=O)c3ccc(C)cc3)C2)c(C(=O)O)c1. The van der Waals surface area contributed by atoms with E-state index < -0.39 is 11.9 Å². The molecule has 0 saturated carbocycles. The van der Waals surface area contributed by atoms with Crippen molar-refractivity contribution in [1.29, 1.82) is 0 Å². The fraction of sp³-hybridized carbons (Fsp3) is 0.318. The van der Waals surface area contributed by atoms with Gasteiger partial charge in [0.1, 0.15) is 5.75 Å². The molecule has 2 aromatic rings. The summed E-state index contributed by atoms with van der Waals surface area (Å²) in [6, 6.07) is 11.8. The highest BCUT2D eigenvalue weighted by molar-refractivity contribution is 6.02. The van der Waals surface area contributed by atoms with Crippen LogP contribution < -0.4 is 10.1 Å². The Morgan fingerprint density at radius 1 is 1.14 bits per heavy atom. The van der Waals surface area contributed by atoms with Crippen molar-refractivity contribution >= 4 is 23.5 Å². The molecule has 1 aliphatic rings. The second-order valence-electron chi connectivity index (χ2n) is 7.16. The van der Waals surface area contributed by atoms with Crippen molar-refractivity contribution in [3.8, 4) is 5.75 Å². The van der Waals surface area contributed by atoms with E-state index in [-0.39, 0.29) is 23.1 Å². The number of anilines is 1. The van der Waals surface area contributed by atoms with Gasteiger partial charge in [0.15, 0.2) is 0 Å². The van der Waals surface area contributed by atoms with Gasteiger partial charge in [0.25, 0.3) is 5.91 Å². The number of carboxylic acids is 1. The van der Waals surface area contributed by atoms with Gasteiger partial charge in [-0.05, 0) is 50.1 Å². The fourth-order valence-corrected chi connectivity index (χ4v) is 3.43. The number of hydrogen-bond acceptors (Lipinski definition) is 4. The van der Waals surface area contributed by atoms with Gasteiger partial charge >= 0.3 is 5.97 Å². The van der Waals surface area contributed by atoms with Crippen LogP contribution in [0, 0.1) is 12.8 Å². The van der Waals surface area contributed by atoms with Gasteiger partial charge in [-0.1, -0.05) is 17.7 Å². The molecule has 1 aliphatic heterocycles. The fourth-order valence-electron chi connectivity index (χ4n) is 3.43. The summed E-state index contributed by atoms with van der Waals surface area (Å²) >= 11 is 0. The normalized spacial score (nSPS) is 16.2. The topological polar surface area (TPSA) is 95.9 Å². The quantitative estimate of drug-likeness (QED) is 0.809. The maximum atomic E-state index is 12.8. The van der Waals surface area contributed by atoms with E-state index >= 15 is 0 Å². The predicted molar refractivity (Wildman–Crippen MR) is 108 cm³/mol. The molecule has 1 atom stereocenters. The Hall–Kier alpha value is -3.35. The molecule has 1 unspecified atom stereocenters. The summed E-state index contributed by atoms with van der Waals surface area (Å²) in [6.07, 6.45) is 1.35. The summed E-state index contributed by atoms with van der Waals surface area (Å²) in [5.41, 5.74) is 1.84. The number of aryl methyl sites for hydroxylation is 1. The van der Waals surface area contributed by atoms with Crippen molar-refractivity contribution in [3.63, 3.8) is 0 Å². The zero-order valence-corrected chi connectivity index (χ0v) is 16.5. The first kappa shape index (κ1) is 20.4. The Bertz CT molecular complexity index is 923. The number of benzene rings is 2. The molecular formula is C22H24N2O5. The van der Waals surface area contributed by atoms with Gasteiger partial charge in [0.05, 0.1) is 24.3 Å². The largest absolute Gasteiger partial charge is 0.497 e. The van der Waals surface area contributed by atoms with Crippen molar-refractivity contribution in [3.05, 3.63) is 59.2 Å². The average Bonchev–Trinajstić information content (AvgIpc) is 2.74. The number of carbonyl (C=O) groups is 3. The van der Waals surface area contributed by atoms with Crippen LogP contribution in [0.1, 0.15) is 39.1 Å². The zero-order valence-electron chi connectivity index (χ0n) is 16.5. The van der Waals surface area contributed by atoms with Gasteiger partial charge in [-0.25, -0.2) is 4.79 Å². The number of amides is 2. The number of likely N-dealkylation sites (tertiary alicyclic amines) is 1. The molecule has 0 spiro atoms. The summed E-state index contributed by atoms with van der Waals surface area (Å²) in [5.74, 6) is -1.55. The minimum absolute atomic E-state index is 0.0407. The summed E-state index contributed by atoms with van der Waals surface area (Å²) in [4.78, 5) is 38.7. The first-order chi connectivity index (χ1) is 13.9. The number of carbonyl (C=O) groups excluding carboxylic acids is 2. The molecule has 2 amide bonds. The Kier molecular flexibility index (Phi) is 6.16. The van der Waals surface area contributed by atoms with Crippen LogP contribution in [-0.4, -0.2) is 48.0 Å². The molecule has 3 rings (SSSR count). The van der Waals surface area contributed by atoms with Gasteiger partial charge in [-0.2, -0.15) is 0 Å². The maximum absolute atomic E-state index is 12.8. The number of aromatic carboxylic acids is 1. The third-order valence-electron chi connectivity index (χ3n) is 5.09. The number of piperidine rings is 1. The number of nitrogens with zero attached hydrogens (tertiary/aromatic N) is 1. The van der Waals surface area contributed by atoms with Crippen LogP contribution in [0.2, 0.25) is 0 Å². The Balaban J connectivity index is 1.71. The number of rotatable bonds is 5. The Labute approximate surface area is 169 Å². The second kappa shape index (κ2) is 8.77. The van der Waals surface area contributed by atoms with Crippen LogP contribution in [0.15, 0.2) is 42.5 Å². The van der Waals surface area contributed by atoms with Crippen molar-refractivity contribution in [2.24, 2.45) is 5.92 Å². The lowest BCUT2D eigenvalue weighted by atomic mass is 9.96. The number of ether oxygens (including phenoxy) is 1. The third kappa shape index (κ3) is 4.74. The molecule has 7 heteroatoms. The van der Waals surface area contributed by atoms with Crippen molar-refractivity contribution in [1.82, 2.24) is 4.90 Å². The maximum Gasteiger partial charge on any atom is 0.337 e. The first-order valence-corrected chi connectivity index (χ1v) is 9.47. The lowest BCUT2D eigenvalue weighted by Crippen LogP contribution is -2.43. The van der Waals surface area contributed by atoms with Gasteiger partial charge < -0.3 is 20.1 Å². The molecular weight excluding hydrogens is 372 g/mol. The number of methoxy groups -OCH3 is 1. The summed E-state index contributed by atoms with van der Waals surface area (Å²) in [5, 5.41) is 12.1. The third-order valence-corrected chi connectivity index (χ3v) is 5.09. The van der Waals surface area contributed by atoms with Crippen LogP contribution in [-0.2, 0) is 4.79 Å². The molecule has 152 valence electrons. The van der Waals surface area contributed by atoms with E-state index in [2.05, 4.69) is 5.32 Å². The van der Waals surface area contributed by atoms with Crippen LogP contribution in [0.25, 0.3) is 0 Å². The second-order valence-corrected chi connectivity index (χ2v) is 7.16. The highest BCUT2D eigenvalue weighted by atomic mass is 16.5. The summed E-state index contributed by atoms with van der Waals surface area (Å²) < 4.78 is 5.05. The molecule has 0 aromatic heterocycles. The molecule has 7 nitrogen and oxygen atoms in total. The van der Waals surface area contributed by atoms with Crippen LogP contribution in [0.5, 0.6) is 5.75 Å². The molecule has 29 heavy (non-hydrogen) atoms. The zero-order chi connectivity index (χ0) is 21.0. The standard InChI is InChI=1S/C22H24N2O5/c1-14-5-7-15(8-6-14)21(26)24-11-3-4-16(13-24)20(25)23-19-10-9-17(29-2)12-18(19)22(27)28/h5-10,12,16H,3-4,11,13H2,1-2H3,(H,23,25)(H,27,28). The number of hydrogen-bond donors (Lipinski definition) is 2. The van der Waals surface area contributed by atoms with E-state index in [9.17, 15) is 19.5 Å². The van der Waals surface area contributed by atoms with Gasteiger partial charge in [0, 0.05) is 18.7 Å².